The molecule has 2 bridgehead atoms. The minimum atomic E-state index is -1.63. The van der Waals surface area contributed by atoms with Crippen molar-refractivity contribution in [1.82, 2.24) is 0 Å². The lowest BCUT2D eigenvalue weighted by Crippen LogP contribution is -2.54. The van der Waals surface area contributed by atoms with Crippen molar-refractivity contribution >= 4 is 23.3 Å². The lowest BCUT2D eigenvalue weighted by atomic mass is 9.53. The highest BCUT2D eigenvalue weighted by Crippen LogP contribution is 2.55. The molecule has 10 atom stereocenters. The summed E-state index contributed by atoms with van der Waals surface area (Å²) < 4.78 is 12.0. The fraction of sp³-hybridized carbons (Fsp3) is 0.756. The van der Waals surface area contributed by atoms with Gasteiger partial charge in [-0.1, -0.05) is 64.3 Å². The molecule has 4 aliphatic rings. The third kappa shape index (κ3) is 8.23. The van der Waals surface area contributed by atoms with E-state index in [2.05, 4.69) is 6.58 Å². The van der Waals surface area contributed by atoms with Crippen molar-refractivity contribution in [3.63, 3.8) is 0 Å². The summed E-state index contributed by atoms with van der Waals surface area (Å²) in [6, 6.07) is 0. The normalized spacial score (nSPS) is 40.3. The van der Waals surface area contributed by atoms with Crippen molar-refractivity contribution in [2.75, 3.05) is 7.11 Å². The molecule has 2 aliphatic carbocycles. The predicted octanol–water partition coefficient (Wildman–Crippen LogP) is 7.05. The van der Waals surface area contributed by atoms with E-state index >= 15 is 0 Å². The van der Waals surface area contributed by atoms with Gasteiger partial charge in [0.15, 0.2) is 0 Å². The lowest BCUT2D eigenvalue weighted by Gasteiger charge is -2.49. The number of hydrogen-bond donors (Lipinski definition) is 2. The standard InChI is InChI=1S/C41H62O8/c1-23(2)29-21-32(42)26(5)12-10-11-24(3)18-33(43)30-19-28(7)38-31(41(30,22-35(29)45)39(47)48-9)17-25(4)13-14-37(46)40(8)16-15-36(49-40)27(6)20-34(38)44/h17,23-24,26,29-31,34,36-37,44,46H,6,10-16,18-22H2,1-5,7-9H3/b25-17-/t24-,26+,29-,30+,31-,34+,36+,37+,40+,41+/m0/s1. The SMILES string of the molecule is C=C1C[C@@H](O)C2=C(C)C[C@@H]3C(=O)C[C@@H](C)CCC[C@@H](C)C(=O)C[C@@H](C(C)C)C(=O)C[C@]3(C(=O)OC)[C@H]2/C=C(/C)CC[C@@H](O)[C@@]2(C)CC[C@H]1O2. The molecule has 0 radical (unpaired) electrons. The Bertz CT molecular complexity index is 1360. The molecular formula is C41H62O8. The summed E-state index contributed by atoms with van der Waals surface area (Å²) in [5.74, 6) is -3.55. The molecule has 2 heterocycles. The quantitative estimate of drug-likeness (QED) is 0.234. The molecule has 0 spiro atoms. The van der Waals surface area contributed by atoms with Crippen LogP contribution in [-0.2, 0) is 28.7 Å². The zero-order chi connectivity index (χ0) is 36.4. The molecule has 0 aromatic rings. The number of esters is 1. The molecule has 4 rings (SSSR count). The molecule has 2 N–H and O–H groups in total. The number of aliphatic hydroxyl groups is 2. The summed E-state index contributed by atoms with van der Waals surface area (Å²) in [4.78, 5) is 57.3. The van der Waals surface area contributed by atoms with Crippen LogP contribution in [0.3, 0.4) is 0 Å². The van der Waals surface area contributed by atoms with Crippen molar-refractivity contribution in [3.8, 4) is 0 Å². The van der Waals surface area contributed by atoms with Crippen LogP contribution in [0.4, 0.5) is 0 Å². The Balaban J connectivity index is 1.96. The number of aliphatic hydroxyl groups excluding tert-OH is 2. The van der Waals surface area contributed by atoms with Gasteiger partial charge in [0.25, 0.3) is 0 Å². The Morgan fingerprint density at radius 2 is 1.67 bits per heavy atom. The first-order chi connectivity index (χ1) is 22.9. The van der Waals surface area contributed by atoms with E-state index in [1.807, 2.05) is 54.5 Å². The molecule has 0 amide bonds. The molecule has 8 heteroatoms. The summed E-state index contributed by atoms with van der Waals surface area (Å²) in [6.45, 7) is 17.9. The van der Waals surface area contributed by atoms with Crippen LogP contribution < -0.4 is 0 Å². The average Bonchev–Trinajstić information content (AvgIpc) is 3.45. The summed E-state index contributed by atoms with van der Waals surface area (Å²) in [6.07, 6.45) is 4.84. The third-order valence-electron chi connectivity index (χ3n) is 12.6. The highest BCUT2D eigenvalue weighted by atomic mass is 16.5. The van der Waals surface area contributed by atoms with E-state index in [0.717, 1.165) is 24.0 Å². The van der Waals surface area contributed by atoms with Crippen molar-refractivity contribution in [1.29, 1.82) is 0 Å². The van der Waals surface area contributed by atoms with E-state index in [0.29, 0.717) is 43.3 Å². The van der Waals surface area contributed by atoms with Crippen LogP contribution in [0.15, 0.2) is 34.9 Å². The number of allylic oxidation sites excluding steroid dienone is 3. The summed E-state index contributed by atoms with van der Waals surface area (Å²) in [5.41, 5.74) is 0.644. The second kappa shape index (κ2) is 15.9. The molecule has 2 fully saturated rings. The maximum atomic E-state index is 14.7. The van der Waals surface area contributed by atoms with Crippen molar-refractivity contribution in [2.45, 2.75) is 149 Å². The van der Waals surface area contributed by atoms with Gasteiger partial charge in [-0.05, 0) is 82.3 Å². The first-order valence-corrected chi connectivity index (χ1v) is 18.7. The Hall–Kier alpha value is -2.42. The number of hydrogen-bond acceptors (Lipinski definition) is 8. The summed E-state index contributed by atoms with van der Waals surface area (Å²) in [7, 11) is 1.30. The predicted molar refractivity (Wildman–Crippen MR) is 189 cm³/mol. The highest BCUT2D eigenvalue weighted by Gasteiger charge is 2.60. The summed E-state index contributed by atoms with van der Waals surface area (Å²) >= 11 is 0. The second-order valence-corrected chi connectivity index (χ2v) is 16.7. The topological polar surface area (TPSA) is 127 Å². The largest absolute Gasteiger partial charge is 0.469 e. The van der Waals surface area contributed by atoms with Crippen LogP contribution >= 0.6 is 0 Å². The molecular weight excluding hydrogens is 620 g/mol. The zero-order valence-electron chi connectivity index (χ0n) is 31.3. The van der Waals surface area contributed by atoms with Crippen LogP contribution in [0.5, 0.6) is 0 Å². The maximum Gasteiger partial charge on any atom is 0.313 e. The molecule has 1 saturated carbocycles. The van der Waals surface area contributed by atoms with E-state index < -0.39 is 46.9 Å². The van der Waals surface area contributed by atoms with Crippen LogP contribution in [0, 0.1) is 40.9 Å². The monoisotopic (exact) mass is 682 g/mol. The first-order valence-electron chi connectivity index (χ1n) is 18.7. The smallest absolute Gasteiger partial charge is 0.313 e. The Morgan fingerprint density at radius 1 is 0.980 bits per heavy atom. The third-order valence-corrected chi connectivity index (χ3v) is 12.6. The number of carbonyl (C=O) groups is 4. The van der Waals surface area contributed by atoms with Gasteiger partial charge in [-0.15, -0.1) is 0 Å². The molecule has 49 heavy (non-hydrogen) atoms. The molecule has 274 valence electrons. The Morgan fingerprint density at radius 3 is 2.33 bits per heavy atom. The number of ketones is 3. The van der Waals surface area contributed by atoms with E-state index in [-0.39, 0.29) is 73.3 Å². The van der Waals surface area contributed by atoms with E-state index in [9.17, 15) is 29.4 Å². The van der Waals surface area contributed by atoms with E-state index in [4.69, 9.17) is 9.47 Å². The van der Waals surface area contributed by atoms with Crippen molar-refractivity contribution in [3.05, 3.63) is 34.9 Å². The lowest BCUT2D eigenvalue weighted by molar-refractivity contribution is -0.166. The zero-order valence-corrected chi connectivity index (χ0v) is 31.3. The van der Waals surface area contributed by atoms with E-state index in [1.165, 1.54) is 7.11 Å². The number of ether oxygens (including phenoxy) is 2. The van der Waals surface area contributed by atoms with Gasteiger partial charge < -0.3 is 19.7 Å². The fourth-order valence-corrected chi connectivity index (χ4v) is 9.26. The molecule has 0 aromatic carbocycles. The number of methoxy groups -OCH3 is 1. The average molecular weight is 683 g/mol. The van der Waals surface area contributed by atoms with Crippen LogP contribution in [0.2, 0.25) is 0 Å². The van der Waals surface area contributed by atoms with Crippen LogP contribution in [0.25, 0.3) is 0 Å². The van der Waals surface area contributed by atoms with Gasteiger partial charge in [0, 0.05) is 49.4 Å². The maximum absolute atomic E-state index is 14.7. The molecule has 0 aromatic heterocycles. The Kier molecular flexibility index (Phi) is 12.7. The van der Waals surface area contributed by atoms with Gasteiger partial charge in [-0.25, -0.2) is 0 Å². The second-order valence-electron chi connectivity index (χ2n) is 16.7. The van der Waals surface area contributed by atoms with Gasteiger partial charge >= 0.3 is 5.97 Å². The van der Waals surface area contributed by atoms with Crippen LogP contribution in [0.1, 0.15) is 126 Å². The number of Topliss-reactive ketones (excluding diaryl/α,β-unsaturated/α-hetero) is 3. The number of rotatable bonds is 2. The van der Waals surface area contributed by atoms with Crippen molar-refractivity contribution < 1.29 is 38.9 Å². The molecule has 8 nitrogen and oxygen atoms in total. The van der Waals surface area contributed by atoms with Gasteiger partial charge in [0.05, 0.1) is 36.4 Å². The highest BCUT2D eigenvalue weighted by molar-refractivity contribution is 5.97. The molecule has 0 unspecified atom stereocenters. The number of fused-ring (bicyclic) bond motifs is 5. The van der Waals surface area contributed by atoms with Crippen molar-refractivity contribution in [2.24, 2.45) is 40.9 Å². The minimum Gasteiger partial charge on any atom is -0.469 e. The van der Waals surface area contributed by atoms with Gasteiger partial charge in [0.1, 0.15) is 17.3 Å². The van der Waals surface area contributed by atoms with E-state index in [1.54, 1.807) is 0 Å². The number of carbonyl (C=O) groups excluding carboxylic acids is 4. The first kappa shape index (κ1) is 39.4. The fourth-order valence-electron chi connectivity index (χ4n) is 9.26. The van der Waals surface area contributed by atoms with Gasteiger partial charge in [-0.2, -0.15) is 0 Å². The Labute approximate surface area is 294 Å². The molecule has 1 saturated heterocycles. The van der Waals surface area contributed by atoms with Gasteiger partial charge in [0.2, 0.25) is 0 Å². The summed E-state index contributed by atoms with van der Waals surface area (Å²) in [5, 5.41) is 23.4. The minimum absolute atomic E-state index is 0.0300. The molecule has 2 aliphatic heterocycles. The van der Waals surface area contributed by atoms with Gasteiger partial charge in [-0.3, -0.25) is 19.2 Å². The van der Waals surface area contributed by atoms with Crippen LogP contribution in [-0.4, -0.2) is 64.6 Å².